The summed E-state index contributed by atoms with van der Waals surface area (Å²) in [4.78, 5) is 27.3. The normalized spacial score (nSPS) is 16.9. The number of ketones is 1. The van der Waals surface area contributed by atoms with Crippen LogP contribution >= 0.6 is 11.6 Å². The van der Waals surface area contributed by atoms with Crippen molar-refractivity contribution >= 4 is 23.3 Å². The molecule has 2 aromatic heterocycles. The molecule has 0 spiro atoms. The summed E-state index contributed by atoms with van der Waals surface area (Å²) in [5.41, 5.74) is 0.605. The van der Waals surface area contributed by atoms with Crippen molar-refractivity contribution in [3.63, 3.8) is 0 Å². The van der Waals surface area contributed by atoms with Crippen molar-refractivity contribution < 1.29 is 23.5 Å². The van der Waals surface area contributed by atoms with Gasteiger partial charge < -0.3 is 18.8 Å². The topological polar surface area (TPSA) is 83.9 Å². The lowest BCUT2D eigenvalue weighted by atomic mass is 9.95. The van der Waals surface area contributed by atoms with Crippen LogP contribution in [0.1, 0.15) is 33.7 Å². The highest BCUT2D eigenvalue weighted by Gasteiger charge is 2.44. The third-order valence-electron chi connectivity index (χ3n) is 4.60. The van der Waals surface area contributed by atoms with E-state index in [0.29, 0.717) is 22.1 Å². The van der Waals surface area contributed by atoms with Crippen molar-refractivity contribution in [1.82, 2.24) is 4.90 Å². The predicted molar refractivity (Wildman–Crippen MR) is 101 cm³/mol. The number of aliphatic hydroxyl groups excluding tert-OH is 1. The number of carbonyl (C=O) groups excluding carboxylic acids is 2. The number of aryl methyl sites for hydroxylation is 1. The Morgan fingerprint density at radius 1 is 1.18 bits per heavy atom. The maximum absolute atomic E-state index is 13.1. The van der Waals surface area contributed by atoms with Gasteiger partial charge in [0.05, 0.1) is 24.4 Å². The minimum Gasteiger partial charge on any atom is -0.503 e. The van der Waals surface area contributed by atoms with E-state index in [0.717, 1.165) is 0 Å². The SMILES string of the molecule is Cc1ccc(C(=O)C2=C(O)C(=O)N(Cc3ccco3)C2c2ccc(Cl)cc2)o1. The summed E-state index contributed by atoms with van der Waals surface area (Å²) >= 11 is 5.99. The van der Waals surface area contributed by atoms with Gasteiger partial charge in [-0.2, -0.15) is 0 Å². The van der Waals surface area contributed by atoms with Gasteiger partial charge in [0.1, 0.15) is 11.5 Å². The Kier molecular flexibility index (Phi) is 4.57. The van der Waals surface area contributed by atoms with Crippen LogP contribution in [0.4, 0.5) is 0 Å². The quantitative estimate of drug-likeness (QED) is 0.635. The zero-order chi connectivity index (χ0) is 19.8. The molecular formula is C21H16ClNO5. The zero-order valence-corrected chi connectivity index (χ0v) is 15.6. The molecule has 0 radical (unpaired) electrons. The Balaban J connectivity index is 1.80. The van der Waals surface area contributed by atoms with Crippen LogP contribution in [-0.4, -0.2) is 21.7 Å². The number of aliphatic hydroxyl groups is 1. The van der Waals surface area contributed by atoms with E-state index in [1.54, 1.807) is 49.4 Å². The smallest absolute Gasteiger partial charge is 0.290 e. The van der Waals surface area contributed by atoms with Gasteiger partial charge in [0.25, 0.3) is 5.91 Å². The number of hydrogen-bond donors (Lipinski definition) is 1. The van der Waals surface area contributed by atoms with Gasteiger partial charge >= 0.3 is 0 Å². The third kappa shape index (κ3) is 3.12. The molecule has 0 bridgehead atoms. The fraction of sp³-hybridized carbons (Fsp3) is 0.143. The molecule has 4 rings (SSSR count). The van der Waals surface area contributed by atoms with Crippen molar-refractivity contribution in [1.29, 1.82) is 0 Å². The van der Waals surface area contributed by atoms with Crippen molar-refractivity contribution in [3.8, 4) is 0 Å². The summed E-state index contributed by atoms with van der Waals surface area (Å²) in [6.07, 6.45) is 1.50. The second-order valence-corrected chi connectivity index (χ2v) is 6.90. The van der Waals surface area contributed by atoms with E-state index in [1.807, 2.05) is 0 Å². The first-order valence-electron chi connectivity index (χ1n) is 8.59. The number of amides is 1. The van der Waals surface area contributed by atoms with Crippen LogP contribution in [0.5, 0.6) is 0 Å². The molecule has 28 heavy (non-hydrogen) atoms. The van der Waals surface area contributed by atoms with Gasteiger partial charge in [0.2, 0.25) is 5.78 Å². The molecule has 1 aliphatic rings. The van der Waals surface area contributed by atoms with Crippen LogP contribution in [0, 0.1) is 6.92 Å². The van der Waals surface area contributed by atoms with E-state index in [4.69, 9.17) is 20.4 Å². The molecule has 0 saturated heterocycles. The molecule has 0 fully saturated rings. The largest absolute Gasteiger partial charge is 0.503 e. The number of benzene rings is 1. The minimum absolute atomic E-state index is 0.0340. The summed E-state index contributed by atoms with van der Waals surface area (Å²) in [5, 5.41) is 11.1. The number of nitrogens with zero attached hydrogens (tertiary/aromatic N) is 1. The molecule has 3 heterocycles. The Morgan fingerprint density at radius 3 is 2.54 bits per heavy atom. The fourth-order valence-corrected chi connectivity index (χ4v) is 3.43. The fourth-order valence-electron chi connectivity index (χ4n) is 3.30. The molecule has 3 aromatic rings. The lowest BCUT2D eigenvalue weighted by molar-refractivity contribution is -0.130. The molecule has 0 aliphatic carbocycles. The first-order valence-corrected chi connectivity index (χ1v) is 8.96. The van der Waals surface area contributed by atoms with Crippen molar-refractivity contribution in [2.45, 2.75) is 19.5 Å². The predicted octanol–water partition coefficient (Wildman–Crippen LogP) is 4.61. The molecule has 1 N–H and O–H groups in total. The second-order valence-electron chi connectivity index (χ2n) is 6.47. The maximum atomic E-state index is 13.1. The van der Waals surface area contributed by atoms with Crippen LogP contribution in [0.15, 0.2) is 75.0 Å². The highest BCUT2D eigenvalue weighted by Crippen LogP contribution is 2.40. The standard InChI is InChI=1S/C21H16ClNO5/c1-12-4-9-16(28-12)19(24)17-18(13-5-7-14(22)8-6-13)23(21(26)20(17)25)11-15-3-2-10-27-15/h2-10,18,25H,11H2,1H3. The van der Waals surface area contributed by atoms with Gasteiger partial charge in [-0.25, -0.2) is 0 Å². The Hall–Kier alpha value is -3.25. The molecule has 7 heteroatoms. The minimum atomic E-state index is -0.798. The number of rotatable bonds is 5. The summed E-state index contributed by atoms with van der Waals surface area (Å²) in [5.74, 6) is -0.633. The number of Topliss-reactive ketones (excluding diaryl/α,β-unsaturated/α-hetero) is 1. The lowest BCUT2D eigenvalue weighted by Gasteiger charge is -2.25. The van der Waals surface area contributed by atoms with Gasteiger partial charge in [0, 0.05) is 5.02 Å². The average Bonchev–Trinajstić information content (AvgIpc) is 3.40. The first-order chi connectivity index (χ1) is 13.5. The maximum Gasteiger partial charge on any atom is 0.290 e. The van der Waals surface area contributed by atoms with Crippen LogP contribution in [0.3, 0.4) is 0 Å². The third-order valence-corrected chi connectivity index (χ3v) is 4.86. The van der Waals surface area contributed by atoms with Gasteiger partial charge in [-0.1, -0.05) is 23.7 Å². The van der Waals surface area contributed by atoms with Crippen molar-refractivity contribution in [2.75, 3.05) is 0 Å². The Bertz CT molecular complexity index is 1060. The molecular weight excluding hydrogens is 382 g/mol. The second kappa shape index (κ2) is 7.05. The molecule has 1 aromatic carbocycles. The van der Waals surface area contributed by atoms with Gasteiger partial charge in [-0.3, -0.25) is 9.59 Å². The molecule has 1 aliphatic heterocycles. The van der Waals surface area contributed by atoms with Crippen molar-refractivity contribution in [3.05, 3.63) is 94.0 Å². The van der Waals surface area contributed by atoms with Crippen molar-refractivity contribution in [2.24, 2.45) is 0 Å². The number of furan rings is 2. The molecule has 142 valence electrons. The highest BCUT2D eigenvalue weighted by molar-refractivity contribution is 6.30. The van der Waals surface area contributed by atoms with E-state index in [9.17, 15) is 14.7 Å². The van der Waals surface area contributed by atoms with Gasteiger partial charge in [-0.05, 0) is 48.9 Å². The molecule has 1 atom stereocenters. The van der Waals surface area contributed by atoms with E-state index >= 15 is 0 Å². The van der Waals surface area contributed by atoms with Crippen LogP contribution in [0.2, 0.25) is 5.02 Å². The summed E-state index contributed by atoms with van der Waals surface area (Å²) in [7, 11) is 0. The molecule has 6 nitrogen and oxygen atoms in total. The monoisotopic (exact) mass is 397 g/mol. The zero-order valence-electron chi connectivity index (χ0n) is 14.9. The molecule has 0 saturated carbocycles. The van der Waals surface area contributed by atoms with Crippen LogP contribution in [0.25, 0.3) is 0 Å². The van der Waals surface area contributed by atoms with Crippen LogP contribution in [-0.2, 0) is 11.3 Å². The van der Waals surface area contributed by atoms with Crippen LogP contribution < -0.4 is 0 Å². The summed E-state index contributed by atoms with van der Waals surface area (Å²) in [6, 6.07) is 12.6. The highest BCUT2D eigenvalue weighted by atomic mass is 35.5. The van der Waals surface area contributed by atoms with E-state index in [2.05, 4.69) is 0 Å². The van der Waals surface area contributed by atoms with E-state index < -0.39 is 23.5 Å². The summed E-state index contributed by atoms with van der Waals surface area (Å²) < 4.78 is 10.8. The van der Waals surface area contributed by atoms with E-state index in [1.165, 1.54) is 17.2 Å². The summed E-state index contributed by atoms with van der Waals surface area (Å²) in [6.45, 7) is 1.81. The molecule has 1 unspecified atom stereocenters. The van der Waals surface area contributed by atoms with Gasteiger partial charge in [-0.15, -0.1) is 0 Å². The first kappa shape index (κ1) is 18.1. The van der Waals surface area contributed by atoms with E-state index in [-0.39, 0.29) is 17.9 Å². The lowest BCUT2D eigenvalue weighted by Crippen LogP contribution is -2.30. The Labute approximate surface area is 165 Å². The van der Waals surface area contributed by atoms with Gasteiger partial charge in [0.15, 0.2) is 11.5 Å². The Morgan fingerprint density at radius 2 is 1.93 bits per heavy atom. The molecule has 1 amide bonds. The number of halogens is 1. The number of carbonyl (C=O) groups is 2. The average molecular weight is 398 g/mol. The number of hydrogen-bond acceptors (Lipinski definition) is 5.